The molecule has 0 unspecified atom stereocenters. The molecule has 50 heavy (non-hydrogen) atoms. The van der Waals surface area contributed by atoms with Crippen molar-refractivity contribution in [2.75, 3.05) is 23.0 Å². The lowest BCUT2D eigenvalue weighted by atomic mass is 9.82. The number of ether oxygens (including phenoxy) is 1. The fraction of sp³-hybridized carbons (Fsp3) is 0.432. The van der Waals surface area contributed by atoms with Gasteiger partial charge in [-0.2, -0.15) is 0 Å². The zero-order valence-corrected chi connectivity index (χ0v) is 29.4. The maximum Gasteiger partial charge on any atom is 0.269 e. The number of carbonyl (C=O) groups is 3. The monoisotopic (exact) mass is 700 g/mol. The molecule has 1 spiro atoms. The van der Waals surface area contributed by atoms with E-state index in [1.54, 1.807) is 29.8 Å². The Labute approximate surface area is 291 Å². The van der Waals surface area contributed by atoms with Crippen LogP contribution in [0.3, 0.4) is 0 Å². The van der Waals surface area contributed by atoms with Crippen LogP contribution in [0.25, 0.3) is 0 Å². The number of fused-ring (bicyclic) bond motifs is 3. The average Bonchev–Trinajstić information content (AvgIpc) is 3.72. The van der Waals surface area contributed by atoms with Crippen molar-refractivity contribution in [1.82, 2.24) is 4.90 Å². The van der Waals surface area contributed by atoms with Crippen LogP contribution in [0.5, 0.6) is 0 Å². The van der Waals surface area contributed by atoms with Crippen molar-refractivity contribution in [2.45, 2.75) is 82.1 Å². The average molecular weight is 701 g/mol. The first kappa shape index (κ1) is 34.0. The molecule has 3 amide bonds. The maximum atomic E-state index is 16.4. The lowest BCUT2D eigenvalue weighted by Crippen LogP contribution is -2.48. The number of halogens is 1. The second-order valence-electron chi connectivity index (χ2n) is 14.5. The number of nitro groups is 1. The fourth-order valence-electron chi connectivity index (χ4n) is 8.72. The highest BCUT2D eigenvalue weighted by Gasteiger charge is 2.67. The van der Waals surface area contributed by atoms with Crippen molar-refractivity contribution < 1.29 is 33.3 Å². The van der Waals surface area contributed by atoms with Crippen LogP contribution in [0.1, 0.15) is 48.4 Å². The van der Waals surface area contributed by atoms with E-state index in [4.69, 9.17) is 4.74 Å². The number of aliphatic hydroxyl groups is 1. The Morgan fingerprint density at radius 3 is 2.46 bits per heavy atom. The molecule has 4 aliphatic heterocycles. The molecule has 4 aliphatic rings. The largest absolute Gasteiger partial charge is 0.394 e. The van der Waals surface area contributed by atoms with E-state index in [2.05, 4.69) is 0 Å². The number of carbonyl (C=O) groups excluding carboxylic acids is 3. The minimum atomic E-state index is -3.63. The molecular weight excluding hydrogens is 660 g/mol. The SMILES string of the molecule is C[C@@H]1[C@@H]([Si](C)(C)F)[C@H](CC(=O)N2Cc3ccccc3C[C@H]2CO)O[C@@]12C(=O)N(Cc1ccc(N3CCCC3=O)cc1)c1ccc([N+](=O)[O-])cc12. The maximum absolute atomic E-state index is 16.4. The van der Waals surface area contributed by atoms with Gasteiger partial charge in [0.1, 0.15) is 0 Å². The highest BCUT2D eigenvalue weighted by atomic mass is 28.4. The van der Waals surface area contributed by atoms with Crippen LogP contribution >= 0.6 is 0 Å². The van der Waals surface area contributed by atoms with Gasteiger partial charge < -0.3 is 28.7 Å². The van der Waals surface area contributed by atoms with Crippen LogP contribution in [0.4, 0.5) is 21.2 Å². The van der Waals surface area contributed by atoms with E-state index >= 15 is 4.11 Å². The molecule has 0 aliphatic carbocycles. The second kappa shape index (κ2) is 12.7. The number of nitrogens with zero attached hydrogens (tertiary/aromatic N) is 4. The Balaban J connectivity index is 1.23. The quantitative estimate of drug-likeness (QED) is 0.144. The Hall–Kier alpha value is -4.46. The zero-order chi connectivity index (χ0) is 35.5. The van der Waals surface area contributed by atoms with Gasteiger partial charge in [-0.3, -0.25) is 24.5 Å². The molecule has 0 radical (unpaired) electrons. The van der Waals surface area contributed by atoms with Gasteiger partial charge in [-0.25, -0.2) is 0 Å². The van der Waals surface area contributed by atoms with Crippen LogP contribution in [-0.2, 0) is 44.2 Å². The van der Waals surface area contributed by atoms with E-state index in [1.807, 2.05) is 48.5 Å². The summed E-state index contributed by atoms with van der Waals surface area (Å²) in [5.41, 5.74) is 1.54. The van der Waals surface area contributed by atoms with E-state index in [9.17, 15) is 29.6 Å². The van der Waals surface area contributed by atoms with E-state index in [-0.39, 0.29) is 37.1 Å². The summed E-state index contributed by atoms with van der Waals surface area (Å²) in [6.45, 7) is 5.66. The van der Waals surface area contributed by atoms with E-state index in [0.29, 0.717) is 37.2 Å². The number of nitro benzene ring substituents is 1. The first-order chi connectivity index (χ1) is 23.8. The van der Waals surface area contributed by atoms with Gasteiger partial charge in [0.25, 0.3) is 11.6 Å². The number of hydrogen-bond acceptors (Lipinski definition) is 7. The first-order valence-corrected chi connectivity index (χ1v) is 20.1. The molecule has 1 N–H and O–H groups in total. The molecule has 0 bridgehead atoms. The Morgan fingerprint density at radius 2 is 1.82 bits per heavy atom. The van der Waals surface area contributed by atoms with Crippen molar-refractivity contribution >= 4 is 43.2 Å². The molecule has 0 saturated carbocycles. The van der Waals surface area contributed by atoms with Gasteiger partial charge in [-0.05, 0) is 60.8 Å². The molecule has 13 heteroatoms. The molecule has 2 saturated heterocycles. The number of benzene rings is 3. The van der Waals surface area contributed by atoms with Crippen molar-refractivity contribution in [3.05, 3.63) is 99.1 Å². The lowest BCUT2D eigenvalue weighted by Gasteiger charge is -2.37. The van der Waals surface area contributed by atoms with E-state index in [0.717, 1.165) is 28.8 Å². The number of aliphatic hydroxyl groups excluding tert-OH is 1. The summed E-state index contributed by atoms with van der Waals surface area (Å²) in [5, 5.41) is 22.2. The van der Waals surface area contributed by atoms with Crippen LogP contribution < -0.4 is 9.80 Å². The van der Waals surface area contributed by atoms with Crippen LogP contribution in [0.15, 0.2) is 66.7 Å². The third-order valence-corrected chi connectivity index (χ3v) is 13.5. The van der Waals surface area contributed by atoms with Gasteiger partial charge in [-0.1, -0.05) is 43.3 Å². The fourth-order valence-corrected chi connectivity index (χ4v) is 11.2. The smallest absolute Gasteiger partial charge is 0.269 e. The molecule has 7 rings (SSSR count). The second-order valence-corrected chi connectivity index (χ2v) is 18.3. The van der Waals surface area contributed by atoms with E-state index in [1.165, 1.54) is 23.1 Å². The molecular formula is C37H41FN4O7Si. The van der Waals surface area contributed by atoms with Gasteiger partial charge in [0.05, 0.1) is 42.3 Å². The van der Waals surface area contributed by atoms with Crippen LogP contribution in [-0.4, -0.2) is 66.4 Å². The summed E-state index contributed by atoms with van der Waals surface area (Å²) in [5.74, 6) is -1.45. The van der Waals surface area contributed by atoms with Gasteiger partial charge in [0, 0.05) is 54.4 Å². The summed E-state index contributed by atoms with van der Waals surface area (Å²) >= 11 is 0. The highest BCUT2D eigenvalue weighted by molar-refractivity contribution is 6.72. The van der Waals surface area contributed by atoms with E-state index < -0.39 is 48.4 Å². The normalized spacial score (nSPS) is 26.1. The number of rotatable bonds is 8. The van der Waals surface area contributed by atoms with Gasteiger partial charge >= 0.3 is 0 Å². The molecule has 3 aromatic rings. The minimum absolute atomic E-state index is 0.0659. The van der Waals surface area contributed by atoms with Crippen molar-refractivity contribution in [3.8, 4) is 0 Å². The Bertz CT molecular complexity index is 1870. The predicted molar refractivity (Wildman–Crippen MR) is 187 cm³/mol. The number of non-ortho nitro benzene ring substituents is 1. The standard InChI is InChI=1S/C37H41FN4O7Si/c1-23-35(50(2,3)38)32(19-34(45)40-21-26-8-5-4-7-25(26)17-29(40)22-43)49-37(23)30-18-28(42(47)48)14-15-31(30)41(36(37)46)20-24-10-12-27(13-11-24)39-16-6-9-33(39)44/h4-5,7-8,10-15,18,23,29,32,35,43H,6,9,16-17,19-22H2,1-3H3/t23-,29+,32+,35-,37+/m1/s1. The molecule has 3 aromatic carbocycles. The van der Waals surface area contributed by atoms with Gasteiger partial charge in [0.2, 0.25) is 20.2 Å². The molecule has 2 fully saturated rings. The highest BCUT2D eigenvalue weighted by Crippen LogP contribution is 2.60. The zero-order valence-electron chi connectivity index (χ0n) is 28.4. The van der Waals surface area contributed by atoms with Crippen molar-refractivity contribution in [2.24, 2.45) is 5.92 Å². The van der Waals surface area contributed by atoms with Gasteiger partial charge in [-0.15, -0.1) is 0 Å². The topological polar surface area (TPSA) is 134 Å². The summed E-state index contributed by atoms with van der Waals surface area (Å²) in [4.78, 5) is 57.4. The molecule has 4 heterocycles. The molecule has 5 atom stereocenters. The number of hydrogen-bond donors (Lipinski definition) is 1. The Kier molecular flexibility index (Phi) is 8.64. The third-order valence-electron chi connectivity index (χ3n) is 11.1. The predicted octanol–water partition coefficient (Wildman–Crippen LogP) is 5.38. The Morgan fingerprint density at radius 1 is 1.10 bits per heavy atom. The molecule has 262 valence electrons. The summed E-state index contributed by atoms with van der Waals surface area (Å²) < 4.78 is 23.2. The van der Waals surface area contributed by atoms with Crippen LogP contribution in [0.2, 0.25) is 18.6 Å². The summed E-state index contributed by atoms with van der Waals surface area (Å²) in [6, 6.07) is 18.9. The summed E-state index contributed by atoms with van der Waals surface area (Å²) in [6.07, 6.45) is 0.606. The third kappa shape index (κ3) is 5.61. The minimum Gasteiger partial charge on any atom is -0.394 e. The van der Waals surface area contributed by atoms with Crippen LogP contribution in [0, 0.1) is 16.0 Å². The number of amides is 3. The molecule has 11 nitrogen and oxygen atoms in total. The van der Waals surface area contributed by atoms with Crippen molar-refractivity contribution in [1.29, 1.82) is 0 Å². The number of anilines is 2. The van der Waals surface area contributed by atoms with Gasteiger partial charge in [0.15, 0.2) is 5.60 Å². The van der Waals surface area contributed by atoms with Crippen molar-refractivity contribution in [3.63, 3.8) is 0 Å². The first-order valence-electron chi connectivity index (χ1n) is 17.2. The molecule has 0 aromatic heterocycles. The summed E-state index contributed by atoms with van der Waals surface area (Å²) in [7, 11) is -3.63. The lowest BCUT2D eigenvalue weighted by molar-refractivity contribution is -0.385.